The van der Waals surface area contributed by atoms with Crippen LogP contribution >= 0.6 is 11.8 Å². The van der Waals surface area contributed by atoms with Crippen LogP contribution < -0.4 is 15.5 Å². The molecular weight excluding hydrogens is 474 g/mol. The van der Waals surface area contributed by atoms with Crippen molar-refractivity contribution in [2.45, 2.75) is 75.6 Å². The number of piperidine rings is 1. The fourth-order valence-corrected chi connectivity index (χ4v) is 4.74. The molecule has 0 unspecified atom stereocenters. The van der Waals surface area contributed by atoms with Crippen LogP contribution in [0.15, 0.2) is 46.5 Å². The third-order valence-electron chi connectivity index (χ3n) is 5.62. The lowest BCUT2D eigenvalue weighted by Crippen LogP contribution is -2.40. The lowest BCUT2D eigenvalue weighted by Gasteiger charge is -2.36. The van der Waals surface area contributed by atoms with Gasteiger partial charge in [-0.2, -0.15) is 5.10 Å². The fraction of sp³-hybridized carbons (Fsp3) is 0.462. The Morgan fingerprint density at radius 2 is 1.89 bits per heavy atom. The first-order valence-electron chi connectivity index (χ1n) is 12.4. The van der Waals surface area contributed by atoms with Gasteiger partial charge in [0, 0.05) is 42.2 Å². The van der Waals surface area contributed by atoms with Crippen LogP contribution in [-0.4, -0.2) is 50.9 Å². The standard InChI is InChI=1S/C26H35N7O2S/c1-6-24(34)27-18-7-9-20(10-8-18)36-25-29-21(28-22-15-17(2)31-32-22)16-23(30-25)33-13-11-19(12-14-33)35-26(3,4)5/h7-10,15-16,19H,6,11-14H2,1-5H3,(H,27,34)(H2,28,29,30,31,32). The summed E-state index contributed by atoms with van der Waals surface area (Å²) in [5.74, 6) is 2.35. The number of nitrogens with zero attached hydrogens (tertiary/aromatic N) is 4. The number of ether oxygens (including phenoxy) is 1. The number of amides is 1. The summed E-state index contributed by atoms with van der Waals surface area (Å²) in [6.45, 7) is 11.8. The predicted octanol–water partition coefficient (Wildman–Crippen LogP) is 5.54. The highest BCUT2D eigenvalue weighted by Gasteiger charge is 2.25. The Kier molecular flexibility index (Phi) is 8.15. The van der Waals surface area contributed by atoms with Gasteiger partial charge in [0.05, 0.1) is 17.4 Å². The number of aromatic nitrogens is 4. The van der Waals surface area contributed by atoms with Crippen LogP contribution in [-0.2, 0) is 9.53 Å². The molecule has 1 aliphatic rings. The van der Waals surface area contributed by atoms with Crippen LogP contribution in [0, 0.1) is 6.92 Å². The zero-order chi connectivity index (χ0) is 25.7. The molecule has 1 fully saturated rings. The second-order valence-electron chi connectivity index (χ2n) is 9.89. The normalized spacial score (nSPS) is 14.6. The summed E-state index contributed by atoms with van der Waals surface area (Å²) in [4.78, 5) is 24.6. The molecule has 10 heteroatoms. The van der Waals surface area contributed by atoms with Gasteiger partial charge in [-0.25, -0.2) is 9.97 Å². The Morgan fingerprint density at radius 1 is 1.17 bits per heavy atom. The van der Waals surface area contributed by atoms with Gasteiger partial charge in [-0.05, 0) is 76.6 Å². The largest absolute Gasteiger partial charge is 0.372 e. The Hall–Kier alpha value is -3.11. The van der Waals surface area contributed by atoms with E-state index < -0.39 is 0 Å². The summed E-state index contributed by atoms with van der Waals surface area (Å²) in [6.07, 6.45) is 2.62. The van der Waals surface area contributed by atoms with E-state index in [4.69, 9.17) is 14.7 Å². The Bertz CT molecular complexity index is 1170. The molecule has 9 nitrogen and oxygen atoms in total. The number of H-pyrrole nitrogens is 1. The number of aryl methyl sites for hydroxylation is 1. The summed E-state index contributed by atoms with van der Waals surface area (Å²) in [7, 11) is 0. The number of carbonyl (C=O) groups is 1. The molecule has 0 radical (unpaired) electrons. The van der Waals surface area contributed by atoms with Gasteiger partial charge in [-0.1, -0.05) is 6.92 Å². The molecule has 0 bridgehead atoms. The van der Waals surface area contributed by atoms with Gasteiger partial charge in [-0.3, -0.25) is 9.89 Å². The van der Waals surface area contributed by atoms with Crippen molar-refractivity contribution < 1.29 is 9.53 Å². The van der Waals surface area contributed by atoms with E-state index in [0.717, 1.165) is 53.8 Å². The molecule has 0 atom stereocenters. The second-order valence-corrected chi connectivity index (χ2v) is 10.9. The minimum absolute atomic E-state index is 0.00660. The lowest BCUT2D eigenvalue weighted by molar-refractivity contribution is -0.115. The molecule has 192 valence electrons. The van der Waals surface area contributed by atoms with Crippen molar-refractivity contribution >= 4 is 40.8 Å². The van der Waals surface area contributed by atoms with Crippen LogP contribution in [0.1, 0.15) is 52.7 Å². The zero-order valence-electron chi connectivity index (χ0n) is 21.6. The topological polar surface area (TPSA) is 108 Å². The van der Waals surface area contributed by atoms with E-state index in [0.29, 0.717) is 17.4 Å². The maximum atomic E-state index is 11.7. The predicted molar refractivity (Wildman–Crippen MR) is 144 cm³/mol. The Morgan fingerprint density at radius 3 is 2.50 bits per heavy atom. The lowest BCUT2D eigenvalue weighted by atomic mass is 10.1. The van der Waals surface area contributed by atoms with Crippen LogP contribution in [0.3, 0.4) is 0 Å². The van der Waals surface area contributed by atoms with E-state index in [1.54, 1.807) is 0 Å². The quantitative estimate of drug-likeness (QED) is 0.340. The molecule has 1 aromatic carbocycles. The van der Waals surface area contributed by atoms with Gasteiger partial charge < -0.3 is 20.3 Å². The van der Waals surface area contributed by atoms with E-state index in [9.17, 15) is 4.79 Å². The first-order valence-corrected chi connectivity index (χ1v) is 13.2. The number of aromatic amines is 1. The molecule has 3 heterocycles. The molecule has 36 heavy (non-hydrogen) atoms. The highest BCUT2D eigenvalue weighted by atomic mass is 32.2. The Balaban J connectivity index is 1.52. The summed E-state index contributed by atoms with van der Waals surface area (Å²) >= 11 is 1.49. The second kappa shape index (κ2) is 11.3. The number of anilines is 4. The number of nitrogens with one attached hydrogen (secondary N) is 3. The van der Waals surface area contributed by atoms with Crippen LogP contribution in [0.2, 0.25) is 0 Å². The third kappa shape index (κ3) is 7.44. The van der Waals surface area contributed by atoms with Gasteiger partial charge in [0.2, 0.25) is 5.91 Å². The van der Waals surface area contributed by atoms with E-state index >= 15 is 0 Å². The third-order valence-corrected chi connectivity index (χ3v) is 6.49. The van der Waals surface area contributed by atoms with Crippen LogP contribution in [0.5, 0.6) is 0 Å². The number of rotatable bonds is 8. The maximum absolute atomic E-state index is 11.7. The van der Waals surface area contributed by atoms with Crippen molar-refractivity contribution in [3.8, 4) is 0 Å². The average molecular weight is 510 g/mol. The number of benzene rings is 1. The minimum atomic E-state index is -0.139. The summed E-state index contributed by atoms with van der Waals surface area (Å²) in [5, 5.41) is 14.0. The van der Waals surface area contributed by atoms with Gasteiger partial charge >= 0.3 is 0 Å². The Labute approximate surface area is 216 Å². The molecular formula is C26H35N7O2S. The van der Waals surface area contributed by atoms with E-state index in [2.05, 4.69) is 46.5 Å². The van der Waals surface area contributed by atoms with Crippen molar-refractivity contribution in [1.29, 1.82) is 0 Å². The summed E-state index contributed by atoms with van der Waals surface area (Å²) < 4.78 is 6.20. The number of hydrogen-bond donors (Lipinski definition) is 3. The fourth-order valence-electron chi connectivity index (χ4n) is 3.97. The van der Waals surface area contributed by atoms with E-state index in [1.807, 2.05) is 50.2 Å². The highest BCUT2D eigenvalue weighted by Crippen LogP contribution is 2.31. The molecule has 4 rings (SSSR count). The molecule has 1 aliphatic heterocycles. The molecule has 0 spiro atoms. The van der Waals surface area contributed by atoms with Crippen molar-refractivity contribution in [2.24, 2.45) is 0 Å². The zero-order valence-corrected chi connectivity index (χ0v) is 22.4. The smallest absolute Gasteiger partial charge is 0.224 e. The molecule has 3 N–H and O–H groups in total. The minimum Gasteiger partial charge on any atom is -0.372 e. The molecule has 3 aromatic rings. The SMILES string of the molecule is CCC(=O)Nc1ccc(Sc2nc(Nc3cc(C)n[nH]3)cc(N3CCC(OC(C)(C)C)CC3)n2)cc1. The van der Waals surface area contributed by atoms with Gasteiger partial charge in [0.15, 0.2) is 5.16 Å². The summed E-state index contributed by atoms with van der Waals surface area (Å²) in [5.41, 5.74) is 1.54. The highest BCUT2D eigenvalue weighted by molar-refractivity contribution is 7.99. The van der Waals surface area contributed by atoms with Gasteiger partial charge in [-0.15, -0.1) is 0 Å². The first-order chi connectivity index (χ1) is 17.2. The number of hydrogen-bond acceptors (Lipinski definition) is 8. The van der Waals surface area contributed by atoms with Crippen LogP contribution in [0.4, 0.5) is 23.1 Å². The van der Waals surface area contributed by atoms with Crippen molar-refractivity contribution in [3.05, 3.63) is 42.1 Å². The van der Waals surface area contributed by atoms with Crippen molar-refractivity contribution in [3.63, 3.8) is 0 Å². The van der Waals surface area contributed by atoms with E-state index in [-0.39, 0.29) is 17.6 Å². The average Bonchev–Trinajstić information content (AvgIpc) is 3.24. The molecule has 0 saturated carbocycles. The van der Waals surface area contributed by atoms with Crippen molar-refractivity contribution in [1.82, 2.24) is 20.2 Å². The van der Waals surface area contributed by atoms with Gasteiger partial charge in [0.25, 0.3) is 0 Å². The van der Waals surface area contributed by atoms with Crippen LogP contribution in [0.25, 0.3) is 0 Å². The molecule has 0 aliphatic carbocycles. The van der Waals surface area contributed by atoms with Gasteiger partial charge in [0.1, 0.15) is 17.5 Å². The molecule has 2 aromatic heterocycles. The maximum Gasteiger partial charge on any atom is 0.224 e. The first kappa shape index (κ1) is 26.0. The number of carbonyl (C=O) groups excluding carboxylic acids is 1. The molecule has 1 amide bonds. The molecule has 1 saturated heterocycles. The monoisotopic (exact) mass is 509 g/mol. The summed E-state index contributed by atoms with van der Waals surface area (Å²) in [6, 6.07) is 11.6. The van der Waals surface area contributed by atoms with Crippen molar-refractivity contribution in [2.75, 3.05) is 28.6 Å². The van der Waals surface area contributed by atoms with E-state index in [1.165, 1.54) is 11.8 Å².